The lowest BCUT2D eigenvalue weighted by Crippen LogP contribution is -2.14. The predicted octanol–water partition coefficient (Wildman–Crippen LogP) is 6.75. The summed E-state index contributed by atoms with van der Waals surface area (Å²) < 4.78 is 5.92. The number of halogens is 2. The van der Waals surface area contributed by atoms with Crippen molar-refractivity contribution in [3.63, 3.8) is 0 Å². The predicted molar refractivity (Wildman–Crippen MR) is 140 cm³/mol. The molecule has 5 rings (SSSR count). The molecule has 1 aromatic heterocycles. The van der Waals surface area contributed by atoms with E-state index in [9.17, 15) is 4.79 Å². The van der Waals surface area contributed by atoms with Crippen LogP contribution in [0.2, 0.25) is 0 Å². The zero-order valence-electron chi connectivity index (χ0n) is 18.2. The fraction of sp³-hybridized carbons (Fsp3) is 0.148. The smallest absolute Gasteiger partial charge is 0.193 e. The Bertz CT molecular complexity index is 1240. The largest absolute Gasteiger partial charge is 0.456 e. The van der Waals surface area contributed by atoms with E-state index >= 15 is 0 Å². The number of benzene rings is 3. The fourth-order valence-electron chi connectivity index (χ4n) is 3.68. The maximum absolute atomic E-state index is 12.2. The Hall–Kier alpha value is -2.85. The van der Waals surface area contributed by atoms with Crippen LogP contribution in [0.25, 0.3) is 27.3 Å². The third kappa shape index (κ3) is 5.89. The Morgan fingerprint density at radius 2 is 1.41 bits per heavy atom. The summed E-state index contributed by atoms with van der Waals surface area (Å²) in [5, 5.41) is 3.26. The highest BCUT2D eigenvalue weighted by atomic mass is 35.5. The second-order valence-electron chi connectivity index (χ2n) is 7.67. The number of allylic oxidation sites excluding steroid dienone is 2. The lowest BCUT2D eigenvalue weighted by Gasteiger charge is -2.12. The lowest BCUT2D eigenvalue weighted by atomic mass is 10.1. The van der Waals surface area contributed by atoms with Gasteiger partial charge in [0, 0.05) is 18.2 Å². The Morgan fingerprint density at radius 3 is 2.00 bits per heavy atom. The molecule has 5 heteroatoms. The molecule has 0 atom stereocenters. The van der Waals surface area contributed by atoms with Crippen LogP contribution in [0.3, 0.4) is 0 Å². The summed E-state index contributed by atoms with van der Waals surface area (Å²) in [6.07, 6.45) is 5.05. The van der Waals surface area contributed by atoms with Gasteiger partial charge in [-0.2, -0.15) is 0 Å². The third-order valence-electron chi connectivity index (χ3n) is 5.11. The molecule has 0 saturated carbocycles. The maximum atomic E-state index is 12.2. The highest BCUT2D eigenvalue weighted by Crippen LogP contribution is 2.30. The topological polar surface area (TPSA) is 33.5 Å². The van der Waals surface area contributed by atoms with Crippen LogP contribution in [-0.2, 0) is 0 Å². The summed E-state index contributed by atoms with van der Waals surface area (Å²) in [5.41, 5.74) is 3.00. The monoisotopic (exact) mass is 467 g/mol. The number of hydrogen-bond acceptors (Lipinski definition) is 3. The van der Waals surface area contributed by atoms with E-state index in [0.717, 1.165) is 18.5 Å². The number of likely N-dealkylation sites (N-methyl/N-ethyl adjacent to an activating group) is 1. The minimum Gasteiger partial charge on any atom is -0.456 e. The van der Waals surface area contributed by atoms with Crippen molar-refractivity contribution in [3.05, 3.63) is 113 Å². The molecule has 0 bridgehead atoms. The first-order valence-corrected chi connectivity index (χ1v) is 10.1. The van der Waals surface area contributed by atoms with Crippen molar-refractivity contribution in [2.24, 2.45) is 0 Å². The van der Waals surface area contributed by atoms with Gasteiger partial charge in [0.25, 0.3) is 0 Å². The van der Waals surface area contributed by atoms with Crippen LogP contribution in [0, 0.1) is 0 Å². The van der Waals surface area contributed by atoms with Crippen molar-refractivity contribution >= 4 is 52.1 Å². The van der Waals surface area contributed by atoms with Crippen molar-refractivity contribution < 1.29 is 4.42 Å². The van der Waals surface area contributed by atoms with Gasteiger partial charge in [-0.3, -0.25) is 4.79 Å². The second-order valence-corrected chi connectivity index (χ2v) is 7.67. The Morgan fingerprint density at radius 1 is 0.844 bits per heavy atom. The zero-order valence-corrected chi connectivity index (χ0v) is 19.8. The normalized spacial score (nSPS) is 12.3. The van der Waals surface area contributed by atoms with Gasteiger partial charge in [0.1, 0.15) is 11.3 Å². The van der Waals surface area contributed by atoms with Crippen molar-refractivity contribution in [1.82, 2.24) is 4.90 Å². The molecule has 0 saturated heterocycles. The summed E-state index contributed by atoms with van der Waals surface area (Å²) in [7, 11) is 4.07. The SMILES string of the molecule is CN(C)CC1=C(c2cc(=O)c3ccccc3o2)CC=C1.Cl.Cl.c1ccc2ccccc2c1. The first kappa shape index (κ1) is 25.4. The van der Waals surface area contributed by atoms with Gasteiger partial charge in [-0.25, -0.2) is 0 Å². The first-order chi connectivity index (χ1) is 14.6. The molecule has 1 aliphatic rings. The number of nitrogens with zero attached hydrogens (tertiary/aromatic N) is 1. The average Bonchev–Trinajstić information content (AvgIpc) is 3.22. The fourth-order valence-corrected chi connectivity index (χ4v) is 3.68. The van der Waals surface area contributed by atoms with E-state index in [2.05, 4.69) is 65.6 Å². The first-order valence-electron chi connectivity index (χ1n) is 10.1. The van der Waals surface area contributed by atoms with Crippen LogP contribution in [-0.4, -0.2) is 25.5 Å². The molecule has 166 valence electrons. The molecule has 0 unspecified atom stereocenters. The number of hydrogen-bond donors (Lipinski definition) is 0. The highest BCUT2D eigenvalue weighted by Gasteiger charge is 2.15. The lowest BCUT2D eigenvalue weighted by molar-refractivity contribution is 0.449. The molecular weight excluding hydrogens is 441 g/mol. The second kappa shape index (κ2) is 11.7. The molecule has 0 spiro atoms. The van der Waals surface area contributed by atoms with Crippen LogP contribution in [0.4, 0.5) is 0 Å². The van der Waals surface area contributed by atoms with Crippen LogP contribution in [0.15, 0.2) is 106 Å². The van der Waals surface area contributed by atoms with E-state index in [-0.39, 0.29) is 30.2 Å². The summed E-state index contributed by atoms with van der Waals surface area (Å²) in [6, 6.07) is 25.7. The maximum Gasteiger partial charge on any atom is 0.193 e. The van der Waals surface area contributed by atoms with E-state index in [1.165, 1.54) is 16.3 Å². The molecule has 1 aliphatic carbocycles. The summed E-state index contributed by atoms with van der Waals surface area (Å²) >= 11 is 0. The summed E-state index contributed by atoms with van der Waals surface area (Å²) in [6.45, 7) is 0.850. The average molecular weight is 468 g/mol. The number of fused-ring (bicyclic) bond motifs is 2. The molecule has 0 aliphatic heterocycles. The van der Waals surface area contributed by atoms with E-state index in [1.54, 1.807) is 12.1 Å². The van der Waals surface area contributed by atoms with Gasteiger partial charge in [-0.1, -0.05) is 72.8 Å². The van der Waals surface area contributed by atoms with Gasteiger partial charge >= 0.3 is 0 Å². The molecule has 32 heavy (non-hydrogen) atoms. The molecule has 4 aromatic rings. The molecule has 3 nitrogen and oxygen atoms in total. The van der Waals surface area contributed by atoms with Gasteiger partial charge < -0.3 is 9.32 Å². The van der Waals surface area contributed by atoms with Crippen LogP contribution in [0.5, 0.6) is 0 Å². The molecule has 3 aromatic carbocycles. The van der Waals surface area contributed by atoms with Crippen molar-refractivity contribution in [2.45, 2.75) is 6.42 Å². The third-order valence-corrected chi connectivity index (χ3v) is 5.11. The molecular formula is C27H27Cl2NO2. The molecule has 0 fully saturated rings. The minimum atomic E-state index is 0. The van der Waals surface area contributed by atoms with Crippen LogP contribution < -0.4 is 5.43 Å². The standard InChI is InChI=1S/C17H17NO2.C10H8.2ClH/c1-18(2)11-12-6-5-8-13(12)17-10-15(19)14-7-3-4-9-16(14)20-17;1-2-6-10-8-4-3-7-9(10)5-1;;/h3-7,9-10H,8,11H2,1-2H3;1-8H;2*1H. The van der Waals surface area contributed by atoms with Gasteiger partial charge in [-0.05, 0) is 49.0 Å². The molecule has 0 radical (unpaired) electrons. The van der Waals surface area contributed by atoms with Gasteiger partial charge in [0.15, 0.2) is 5.43 Å². The van der Waals surface area contributed by atoms with Crippen molar-refractivity contribution in [1.29, 1.82) is 0 Å². The zero-order chi connectivity index (χ0) is 20.9. The molecule has 0 amide bonds. The molecule has 1 heterocycles. The van der Waals surface area contributed by atoms with E-state index in [4.69, 9.17) is 4.42 Å². The van der Waals surface area contributed by atoms with Crippen LogP contribution >= 0.6 is 24.8 Å². The van der Waals surface area contributed by atoms with E-state index in [1.807, 2.05) is 32.3 Å². The Labute approximate surface area is 200 Å². The van der Waals surface area contributed by atoms with Gasteiger partial charge in [0.05, 0.1) is 5.39 Å². The Balaban J connectivity index is 0.000000257. The summed E-state index contributed by atoms with van der Waals surface area (Å²) in [5.74, 6) is 0.690. The van der Waals surface area contributed by atoms with E-state index in [0.29, 0.717) is 16.7 Å². The van der Waals surface area contributed by atoms with Gasteiger partial charge in [-0.15, -0.1) is 24.8 Å². The molecule has 0 N–H and O–H groups in total. The number of para-hydroxylation sites is 1. The van der Waals surface area contributed by atoms with Crippen LogP contribution in [0.1, 0.15) is 12.2 Å². The number of rotatable bonds is 3. The highest BCUT2D eigenvalue weighted by molar-refractivity contribution is 5.85. The minimum absolute atomic E-state index is 0. The van der Waals surface area contributed by atoms with E-state index < -0.39 is 0 Å². The van der Waals surface area contributed by atoms with Crippen molar-refractivity contribution in [3.8, 4) is 0 Å². The summed E-state index contributed by atoms with van der Waals surface area (Å²) in [4.78, 5) is 14.3. The van der Waals surface area contributed by atoms with Crippen molar-refractivity contribution in [2.75, 3.05) is 20.6 Å². The quantitative estimate of drug-likeness (QED) is 0.334. The van der Waals surface area contributed by atoms with Gasteiger partial charge in [0.2, 0.25) is 0 Å². The Kier molecular flexibility index (Phi) is 9.27.